The number of ether oxygens (including phenoxy) is 2. The van der Waals surface area contributed by atoms with Crippen LogP contribution in [-0.2, 0) is 9.47 Å². The van der Waals surface area contributed by atoms with Gasteiger partial charge >= 0.3 is 0 Å². The summed E-state index contributed by atoms with van der Waals surface area (Å²) in [6.07, 6.45) is 0.218. The normalized spacial score (nSPS) is 9.79. The molecular formula is C12H30N3O2S2+. The molecule has 0 rings (SSSR count). The van der Waals surface area contributed by atoms with Crippen LogP contribution in [0.4, 0.5) is 0 Å². The Morgan fingerprint density at radius 1 is 0.789 bits per heavy atom. The van der Waals surface area contributed by atoms with E-state index in [1.165, 1.54) is 0 Å². The molecule has 0 saturated heterocycles. The van der Waals surface area contributed by atoms with E-state index in [2.05, 4.69) is 52.6 Å². The van der Waals surface area contributed by atoms with E-state index in [0.29, 0.717) is 0 Å². The van der Waals surface area contributed by atoms with Crippen molar-refractivity contribution in [2.24, 2.45) is 11.5 Å². The van der Waals surface area contributed by atoms with Crippen LogP contribution in [0.25, 0.3) is 0 Å². The van der Waals surface area contributed by atoms with E-state index < -0.39 is 0 Å². The molecule has 0 aliphatic heterocycles. The molecule has 7 heteroatoms. The first-order valence-corrected chi connectivity index (χ1v) is 6.78. The number of hydrogen-bond donors (Lipinski definition) is 2. The fraction of sp³-hybridized carbons (Fsp3) is 0.833. The van der Waals surface area contributed by atoms with Gasteiger partial charge in [0.1, 0.15) is 0 Å². The maximum atomic E-state index is 5.00. The molecule has 0 unspecified atom stereocenters. The van der Waals surface area contributed by atoms with Gasteiger partial charge < -0.3 is 25.4 Å². The van der Waals surface area contributed by atoms with Crippen molar-refractivity contribution in [1.82, 2.24) is 0 Å². The maximum Gasteiger partial charge on any atom is 0.254 e. The second-order valence-corrected chi connectivity index (χ2v) is 6.46. The Morgan fingerprint density at radius 3 is 0.947 bits per heavy atom. The van der Waals surface area contributed by atoms with Crippen molar-refractivity contribution < 1.29 is 14.0 Å². The summed E-state index contributed by atoms with van der Waals surface area (Å²) >= 11 is 8.85. The van der Waals surface area contributed by atoms with Crippen LogP contribution in [0.2, 0.25) is 0 Å². The largest absolute Gasteiger partial charge is 0.468 e. The van der Waals surface area contributed by atoms with E-state index in [9.17, 15) is 0 Å². The lowest BCUT2D eigenvalue weighted by atomic mass is 10.5. The second kappa shape index (κ2) is 12.4. The van der Waals surface area contributed by atoms with Gasteiger partial charge in [-0.25, -0.2) is 0 Å². The highest BCUT2D eigenvalue weighted by Gasteiger charge is 1.91. The topological polar surface area (TPSA) is 70.5 Å². The third-order valence-electron chi connectivity index (χ3n) is 0.704. The van der Waals surface area contributed by atoms with Gasteiger partial charge in [0.25, 0.3) is 10.3 Å². The quantitative estimate of drug-likeness (QED) is 0.596. The minimum atomic E-state index is 0.109. The molecule has 0 bridgehead atoms. The SMILES string of the molecule is CC(C)OC(N)=S.CC(C)OC(N)=S.C[N+](C)(C)C. The summed E-state index contributed by atoms with van der Waals surface area (Å²) in [5, 5.41) is 0.241. The lowest BCUT2D eigenvalue weighted by molar-refractivity contribution is -0.849. The van der Waals surface area contributed by atoms with E-state index >= 15 is 0 Å². The van der Waals surface area contributed by atoms with Gasteiger partial charge in [-0.1, -0.05) is 0 Å². The first-order chi connectivity index (χ1) is 8.25. The summed E-state index contributed by atoms with van der Waals surface area (Å²) < 4.78 is 10.5. The van der Waals surface area contributed by atoms with Crippen LogP contribution < -0.4 is 11.5 Å². The van der Waals surface area contributed by atoms with Crippen LogP contribution >= 0.6 is 24.4 Å². The number of rotatable bonds is 2. The molecule has 0 amide bonds. The molecule has 0 radical (unpaired) electrons. The summed E-state index contributed by atoms with van der Waals surface area (Å²) in [5.41, 5.74) is 10.0. The van der Waals surface area contributed by atoms with Crippen molar-refractivity contribution in [2.45, 2.75) is 39.9 Å². The Kier molecular flexibility index (Phi) is 15.3. The van der Waals surface area contributed by atoms with E-state index in [1.807, 2.05) is 27.7 Å². The van der Waals surface area contributed by atoms with Crippen LogP contribution in [0.3, 0.4) is 0 Å². The van der Waals surface area contributed by atoms with Gasteiger partial charge in [-0.05, 0) is 52.1 Å². The number of nitrogens with zero attached hydrogens (tertiary/aromatic N) is 1. The Bertz CT molecular complexity index is 226. The minimum Gasteiger partial charge on any atom is -0.468 e. The Hall–Kier alpha value is -0.660. The van der Waals surface area contributed by atoms with Crippen molar-refractivity contribution >= 4 is 34.8 Å². The Balaban J connectivity index is -0.000000206. The number of hydrogen-bond acceptors (Lipinski definition) is 4. The van der Waals surface area contributed by atoms with Gasteiger partial charge in [-0.3, -0.25) is 0 Å². The fourth-order valence-corrected chi connectivity index (χ4v) is 0.850. The molecule has 5 nitrogen and oxygen atoms in total. The zero-order valence-electron chi connectivity index (χ0n) is 13.4. The first-order valence-electron chi connectivity index (χ1n) is 5.96. The van der Waals surface area contributed by atoms with Crippen LogP contribution in [-0.4, -0.2) is 55.2 Å². The minimum absolute atomic E-state index is 0.109. The van der Waals surface area contributed by atoms with Gasteiger partial charge in [0.15, 0.2) is 0 Å². The molecule has 0 aromatic carbocycles. The third kappa shape index (κ3) is 75.7. The Labute approximate surface area is 128 Å². The highest BCUT2D eigenvalue weighted by Crippen LogP contribution is 1.85. The number of nitrogens with two attached hydrogens (primary N) is 2. The molecule has 19 heavy (non-hydrogen) atoms. The molecule has 0 aliphatic rings. The van der Waals surface area contributed by atoms with E-state index in [1.54, 1.807) is 0 Å². The first kappa shape index (κ1) is 23.4. The van der Waals surface area contributed by atoms with E-state index in [-0.39, 0.29) is 22.6 Å². The van der Waals surface area contributed by atoms with Gasteiger partial charge in [0.05, 0.1) is 40.4 Å². The highest BCUT2D eigenvalue weighted by atomic mass is 32.1. The zero-order valence-corrected chi connectivity index (χ0v) is 15.0. The van der Waals surface area contributed by atoms with Crippen molar-refractivity contribution in [2.75, 3.05) is 28.2 Å². The third-order valence-corrected chi connectivity index (χ3v) is 0.896. The summed E-state index contributed by atoms with van der Waals surface area (Å²) in [6, 6.07) is 0. The molecule has 0 aromatic heterocycles. The van der Waals surface area contributed by atoms with Crippen LogP contribution in [0.5, 0.6) is 0 Å². The average Bonchev–Trinajstić information content (AvgIpc) is 1.93. The molecule has 0 spiro atoms. The van der Waals surface area contributed by atoms with Crippen LogP contribution in [0.1, 0.15) is 27.7 Å². The predicted molar refractivity (Wildman–Crippen MR) is 90.0 cm³/mol. The van der Waals surface area contributed by atoms with Gasteiger partial charge in [0.2, 0.25) is 0 Å². The standard InChI is InChI=1S/2C4H9NOS.C4H12N/c2*1-3(2)6-4(5)7;1-5(2,3)4/h2*3H,1-2H3,(H2,5,7);1-4H3/q;;+1. The molecule has 4 N–H and O–H groups in total. The van der Waals surface area contributed by atoms with Gasteiger partial charge in [-0.15, -0.1) is 0 Å². The summed E-state index contributed by atoms with van der Waals surface area (Å²) in [5.74, 6) is 0. The molecular weight excluding hydrogens is 282 g/mol. The smallest absolute Gasteiger partial charge is 0.254 e. The van der Waals surface area contributed by atoms with Crippen molar-refractivity contribution in [3.05, 3.63) is 0 Å². The van der Waals surface area contributed by atoms with Crippen molar-refractivity contribution in [1.29, 1.82) is 0 Å². The molecule has 0 aliphatic carbocycles. The highest BCUT2D eigenvalue weighted by molar-refractivity contribution is 7.80. The monoisotopic (exact) mass is 312 g/mol. The average molecular weight is 313 g/mol. The molecule has 0 atom stereocenters. The number of quaternary nitrogens is 1. The van der Waals surface area contributed by atoms with Crippen molar-refractivity contribution in [3.63, 3.8) is 0 Å². The second-order valence-electron chi connectivity index (χ2n) is 5.65. The summed E-state index contributed by atoms with van der Waals surface area (Å²) in [4.78, 5) is 0. The number of thiocarbonyl (C=S) groups is 2. The van der Waals surface area contributed by atoms with Gasteiger partial charge in [-0.2, -0.15) is 0 Å². The summed E-state index contributed by atoms with van der Waals surface area (Å²) in [7, 11) is 8.50. The van der Waals surface area contributed by atoms with Crippen LogP contribution in [0.15, 0.2) is 0 Å². The summed E-state index contributed by atoms with van der Waals surface area (Å²) in [6.45, 7) is 7.50. The van der Waals surface area contributed by atoms with Crippen molar-refractivity contribution in [3.8, 4) is 0 Å². The molecule has 0 fully saturated rings. The predicted octanol–water partition coefficient (Wildman–Crippen LogP) is 1.63. The molecule has 0 aromatic rings. The Morgan fingerprint density at radius 2 is 0.947 bits per heavy atom. The molecule has 116 valence electrons. The lowest BCUT2D eigenvalue weighted by Gasteiger charge is -2.14. The fourth-order valence-electron chi connectivity index (χ4n) is 0.465. The molecule has 0 saturated carbocycles. The lowest BCUT2D eigenvalue weighted by Crippen LogP contribution is -2.27. The van der Waals surface area contributed by atoms with Crippen LogP contribution in [0, 0.1) is 0 Å². The maximum absolute atomic E-state index is 5.00. The van der Waals surface area contributed by atoms with E-state index in [0.717, 1.165) is 4.48 Å². The van der Waals surface area contributed by atoms with E-state index in [4.69, 9.17) is 20.9 Å². The zero-order chi connectivity index (χ0) is 16.2. The van der Waals surface area contributed by atoms with Gasteiger partial charge in [0, 0.05) is 0 Å². The molecule has 0 heterocycles.